The molecule has 10 heteroatoms. The van der Waals surface area contributed by atoms with Crippen molar-refractivity contribution in [3.05, 3.63) is 35.9 Å². The first kappa shape index (κ1) is 30.7. The van der Waals surface area contributed by atoms with E-state index in [9.17, 15) is 24.0 Å². The summed E-state index contributed by atoms with van der Waals surface area (Å²) in [4.78, 5) is 61.6. The summed E-state index contributed by atoms with van der Waals surface area (Å²) in [5.74, 6) is -0.524. The highest BCUT2D eigenvalue weighted by Gasteiger charge is 2.30. The summed E-state index contributed by atoms with van der Waals surface area (Å²) >= 11 is 2.10. The number of hydrogen-bond donors (Lipinski definition) is 3. The standard InChI is InChI=1S/C25H37N3O5S2/c1-16(2)14-20(28-25(33)22(35-18(4)30)12-9-13-34-17(3)29)24(32)27-21(23(31)26-5)15-19-10-7-6-8-11-19/h6-8,10-11,16,20-22H,9,12-15H2,1-5H3,(H,26,31)(H,27,32)(H,28,33)/t20-,21-,22?/m0/s1. The van der Waals surface area contributed by atoms with Gasteiger partial charge >= 0.3 is 0 Å². The molecule has 1 rings (SSSR count). The van der Waals surface area contributed by atoms with Crippen LogP contribution < -0.4 is 16.0 Å². The molecule has 0 spiro atoms. The van der Waals surface area contributed by atoms with Crippen molar-refractivity contribution in [3.63, 3.8) is 0 Å². The van der Waals surface area contributed by atoms with Gasteiger partial charge in [0.05, 0.1) is 5.25 Å². The zero-order chi connectivity index (χ0) is 26.4. The number of likely N-dealkylation sites (N-methyl/N-ethyl adjacent to an activating group) is 1. The van der Waals surface area contributed by atoms with Crippen LogP contribution in [0.3, 0.4) is 0 Å². The van der Waals surface area contributed by atoms with Crippen LogP contribution in [-0.2, 0) is 30.4 Å². The Bertz CT molecular complexity index is 864. The molecule has 1 aromatic rings. The minimum Gasteiger partial charge on any atom is -0.357 e. The lowest BCUT2D eigenvalue weighted by molar-refractivity contribution is -0.132. The van der Waals surface area contributed by atoms with E-state index in [0.29, 0.717) is 31.4 Å². The number of rotatable bonds is 14. The van der Waals surface area contributed by atoms with Crippen molar-refractivity contribution in [2.45, 2.75) is 70.7 Å². The average Bonchev–Trinajstić information content (AvgIpc) is 2.79. The van der Waals surface area contributed by atoms with Crippen LogP contribution in [0.5, 0.6) is 0 Å². The Balaban J connectivity index is 2.94. The Morgan fingerprint density at radius 3 is 2.03 bits per heavy atom. The van der Waals surface area contributed by atoms with Crippen LogP contribution in [0, 0.1) is 5.92 Å². The van der Waals surface area contributed by atoms with Crippen LogP contribution in [-0.4, -0.2) is 58.1 Å². The summed E-state index contributed by atoms with van der Waals surface area (Å²) in [6.07, 6.45) is 1.67. The smallest absolute Gasteiger partial charge is 0.243 e. The molecule has 8 nitrogen and oxygen atoms in total. The number of carbonyl (C=O) groups is 5. The van der Waals surface area contributed by atoms with Gasteiger partial charge in [-0.25, -0.2) is 0 Å². The fourth-order valence-electron chi connectivity index (χ4n) is 3.40. The lowest BCUT2D eigenvalue weighted by Crippen LogP contribution is -2.55. The van der Waals surface area contributed by atoms with E-state index in [4.69, 9.17) is 0 Å². The van der Waals surface area contributed by atoms with Gasteiger partial charge in [0.25, 0.3) is 0 Å². The number of benzene rings is 1. The predicted octanol–water partition coefficient (Wildman–Crippen LogP) is 2.70. The summed E-state index contributed by atoms with van der Waals surface area (Å²) in [5.41, 5.74) is 0.896. The SMILES string of the molecule is CNC(=O)[C@H](Cc1ccccc1)NC(=O)[C@H](CC(C)C)NC(=O)C(CCCSC(C)=O)SC(C)=O. The summed E-state index contributed by atoms with van der Waals surface area (Å²) in [7, 11) is 1.51. The Morgan fingerprint density at radius 2 is 1.49 bits per heavy atom. The van der Waals surface area contributed by atoms with Crippen molar-refractivity contribution in [2.24, 2.45) is 5.92 Å². The third-order valence-corrected chi connectivity index (χ3v) is 6.98. The highest BCUT2D eigenvalue weighted by molar-refractivity contribution is 8.14. The van der Waals surface area contributed by atoms with Crippen LogP contribution in [0.25, 0.3) is 0 Å². The first-order valence-electron chi connectivity index (χ1n) is 11.7. The molecule has 3 amide bonds. The third kappa shape index (κ3) is 12.8. The van der Waals surface area contributed by atoms with Gasteiger partial charge in [0.1, 0.15) is 12.1 Å². The van der Waals surface area contributed by atoms with E-state index < -0.39 is 29.1 Å². The van der Waals surface area contributed by atoms with E-state index >= 15 is 0 Å². The molecule has 0 radical (unpaired) electrons. The molecule has 0 saturated carbocycles. The van der Waals surface area contributed by atoms with Crippen molar-refractivity contribution in [1.29, 1.82) is 0 Å². The number of amides is 3. The lowest BCUT2D eigenvalue weighted by Gasteiger charge is -2.25. The summed E-state index contributed by atoms with van der Waals surface area (Å²) in [5, 5.41) is 7.31. The first-order valence-corrected chi connectivity index (χ1v) is 13.6. The van der Waals surface area contributed by atoms with Crippen molar-refractivity contribution in [2.75, 3.05) is 12.8 Å². The molecule has 0 bridgehead atoms. The quantitative estimate of drug-likeness (QED) is 0.321. The zero-order valence-corrected chi connectivity index (χ0v) is 22.7. The van der Waals surface area contributed by atoms with Crippen molar-refractivity contribution < 1.29 is 24.0 Å². The fourth-order valence-corrected chi connectivity index (χ4v) is 4.86. The molecular weight excluding hydrogens is 486 g/mol. The zero-order valence-electron chi connectivity index (χ0n) is 21.1. The summed E-state index contributed by atoms with van der Waals surface area (Å²) < 4.78 is 0. The van der Waals surface area contributed by atoms with E-state index in [1.165, 1.54) is 32.7 Å². The molecule has 0 fully saturated rings. The normalized spacial score (nSPS) is 13.4. The number of hydrogen-bond acceptors (Lipinski definition) is 7. The molecule has 35 heavy (non-hydrogen) atoms. The topological polar surface area (TPSA) is 121 Å². The highest BCUT2D eigenvalue weighted by atomic mass is 32.2. The van der Waals surface area contributed by atoms with E-state index in [-0.39, 0.29) is 22.1 Å². The predicted molar refractivity (Wildman–Crippen MR) is 142 cm³/mol. The Hall–Kier alpha value is -2.33. The van der Waals surface area contributed by atoms with Crippen LogP contribution >= 0.6 is 23.5 Å². The molecule has 1 aromatic carbocycles. The second-order valence-corrected chi connectivity index (χ2v) is 11.3. The Kier molecular flexibility index (Phi) is 14.4. The minimum atomic E-state index is -0.855. The monoisotopic (exact) mass is 523 g/mol. The maximum Gasteiger partial charge on any atom is 0.243 e. The maximum absolute atomic E-state index is 13.2. The molecular formula is C25H37N3O5S2. The number of thioether (sulfide) groups is 2. The van der Waals surface area contributed by atoms with Gasteiger partial charge in [-0.05, 0) is 30.7 Å². The molecule has 0 heterocycles. The molecule has 3 N–H and O–H groups in total. The van der Waals surface area contributed by atoms with Crippen LogP contribution in [0.4, 0.5) is 0 Å². The van der Waals surface area contributed by atoms with E-state index in [1.807, 2.05) is 44.2 Å². The molecule has 194 valence electrons. The Labute approximate surface area is 216 Å². The molecule has 1 unspecified atom stereocenters. The minimum absolute atomic E-state index is 0.0000594. The van der Waals surface area contributed by atoms with Crippen LogP contribution in [0.1, 0.15) is 52.5 Å². The molecule has 0 aromatic heterocycles. The van der Waals surface area contributed by atoms with E-state index in [1.54, 1.807) is 0 Å². The number of nitrogens with one attached hydrogen (secondary N) is 3. The van der Waals surface area contributed by atoms with Gasteiger partial charge < -0.3 is 16.0 Å². The molecule has 3 atom stereocenters. The molecule has 0 saturated heterocycles. The highest BCUT2D eigenvalue weighted by Crippen LogP contribution is 2.20. The van der Waals surface area contributed by atoms with E-state index in [2.05, 4.69) is 16.0 Å². The molecule has 0 aliphatic carbocycles. The summed E-state index contributed by atoms with van der Waals surface area (Å²) in [6, 6.07) is 7.70. The van der Waals surface area contributed by atoms with Crippen molar-refractivity contribution in [1.82, 2.24) is 16.0 Å². The van der Waals surface area contributed by atoms with Gasteiger partial charge in [-0.3, -0.25) is 24.0 Å². The van der Waals surface area contributed by atoms with E-state index in [0.717, 1.165) is 17.3 Å². The van der Waals surface area contributed by atoms with Crippen LogP contribution in [0.15, 0.2) is 30.3 Å². The van der Waals surface area contributed by atoms with Gasteiger partial charge in [-0.15, -0.1) is 0 Å². The number of carbonyl (C=O) groups excluding carboxylic acids is 5. The first-order chi connectivity index (χ1) is 16.5. The van der Waals surface area contributed by atoms with Gasteiger partial charge in [0, 0.05) is 33.1 Å². The second kappa shape index (κ2) is 16.4. The average molecular weight is 524 g/mol. The summed E-state index contributed by atoms with van der Waals surface area (Å²) in [6.45, 7) is 6.75. The van der Waals surface area contributed by atoms with Gasteiger partial charge in [-0.1, -0.05) is 67.7 Å². The van der Waals surface area contributed by atoms with Crippen molar-refractivity contribution in [3.8, 4) is 0 Å². The second-order valence-electron chi connectivity index (χ2n) is 8.64. The Morgan fingerprint density at radius 1 is 0.857 bits per heavy atom. The molecule has 0 aliphatic rings. The maximum atomic E-state index is 13.2. The molecule has 0 aliphatic heterocycles. The van der Waals surface area contributed by atoms with Gasteiger partial charge in [0.2, 0.25) is 17.7 Å². The van der Waals surface area contributed by atoms with Crippen molar-refractivity contribution >= 4 is 51.5 Å². The third-order valence-electron chi connectivity index (χ3n) is 5.02. The van der Waals surface area contributed by atoms with Gasteiger partial charge in [0.15, 0.2) is 10.2 Å². The van der Waals surface area contributed by atoms with Crippen LogP contribution in [0.2, 0.25) is 0 Å². The fraction of sp³-hybridized carbons (Fsp3) is 0.560. The lowest BCUT2D eigenvalue weighted by atomic mass is 10.0. The largest absolute Gasteiger partial charge is 0.357 e. The van der Waals surface area contributed by atoms with Gasteiger partial charge in [-0.2, -0.15) is 0 Å².